The summed E-state index contributed by atoms with van der Waals surface area (Å²) in [5, 5.41) is 28.9. The van der Waals surface area contributed by atoms with Gasteiger partial charge in [-0.1, -0.05) is 0 Å². The Labute approximate surface area is 74.8 Å². The molecule has 0 spiro atoms. The topological polar surface area (TPSA) is 98.0 Å². The first kappa shape index (κ1) is 16.2. The Balaban J connectivity index is -0.0000000720. The first-order chi connectivity index (χ1) is 3.46. The maximum absolute atomic E-state index is 9.00. The first-order valence-corrected chi connectivity index (χ1v) is 1.70. The molecule has 4 N–H and O–H groups in total. The van der Waals surface area contributed by atoms with Crippen molar-refractivity contribution in [3.63, 3.8) is 0 Å². The summed E-state index contributed by atoms with van der Waals surface area (Å²) in [6.07, 6.45) is 0. The first-order valence-electron chi connectivity index (χ1n) is 1.70. The average molecular weight is 146 g/mol. The van der Waals surface area contributed by atoms with E-state index in [1.54, 1.807) is 0 Å². The van der Waals surface area contributed by atoms with Gasteiger partial charge in [0.1, 0.15) is 0 Å². The molecule has 7 heteroatoms. The average Bonchev–Trinajstić information content (AvgIpc) is 1.25. The van der Waals surface area contributed by atoms with E-state index in [9.17, 15) is 0 Å². The molecule has 0 aliphatic heterocycles. The maximum atomic E-state index is 9.00. The van der Waals surface area contributed by atoms with Gasteiger partial charge in [0, 0.05) is 6.92 Å². The number of aliphatic carboxylic acids is 1. The van der Waals surface area contributed by atoms with Gasteiger partial charge < -0.3 is 20.2 Å². The quantitative estimate of drug-likeness (QED) is 0.280. The molecule has 0 aliphatic carbocycles. The van der Waals surface area contributed by atoms with Crippen LogP contribution in [0, 0.1) is 0 Å². The van der Waals surface area contributed by atoms with Gasteiger partial charge >= 0.3 is 36.9 Å². The fourth-order valence-corrected chi connectivity index (χ4v) is 0. The molecule has 0 atom stereocenters. The SMILES string of the molecule is CC(=O)O.OB(O)O.[NaH]. The summed E-state index contributed by atoms with van der Waals surface area (Å²) in [6.45, 7) is 1.08. The van der Waals surface area contributed by atoms with Crippen LogP contribution in [-0.4, -0.2) is 63.0 Å². The van der Waals surface area contributed by atoms with E-state index in [1.165, 1.54) is 0 Å². The number of hydrogen-bond donors (Lipinski definition) is 4. The number of carbonyl (C=O) groups is 1. The van der Waals surface area contributed by atoms with Gasteiger partial charge in [-0.05, 0) is 0 Å². The molecule has 0 aromatic heterocycles. The zero-order chi connectivity index (χ0) is 7.15. The van der Waals surface area contributed by atoms with Crippen molar-refractivity contribution in [2.45, 2.75) is 6.92 Å². The molecule has 0 bridgehead atoms. The Kier molecular flexibility index (Phi) is 20.2. The molecule has 0 radical (unpaired) electrons. The summed E-state index contributed by atoms with van der Waals surface area (Å²) >= 11 is 0. The van der Waals surface area contributed by atoms with Gasteiger partial charge in [0.05, 0.1) is 0 Å². The monoisotopic (exact) mass is 146 g/mol. The Morgan fingerprint density at radius 2 is 1.33 bits per heavy atom. The van der Waals surface area contributed by atoms with Crippen LogP contribution in [0.25, 0.3) is 0 Å². The van der Waals surface area contributed by atoms with E-state index in [1.807, 2.05) is 0 Å². The Morgan fingerprint density at radius 3 is 1.33 bits per heavy atom. The molecule has 0 aromatic rings. The van der Waals surface area contributed by atoms with Gasteiger partial charge in [0.25, 0.3) is 5.97 Å². The molecule has 0 saturated carbocycles. The summed E-state index contributed by atoms with van der Waals surface area (Å²) in [5.41, 5.74) is 0. The zero-order valence-electron chi connectivity index (χ0n) is 4.27. The van der Waals surface area contributed by atoms with Crippen molar-refractivity contribution < 1.29 is 25.0 Å². The second-order valence-electron chi connectivity index (χ2n) is 0.865. The number of rotatable bonds is 0. The normalized spacial score (nSPS) is 5.78. The van der Waals surface area contributed by atoms with Gasteiger partial charge in [0.15, 0.2) is 0 Å². The molecule has 5 nitrogen and oxygen atoms in total. The predicted molar refractivity (Wildman–Crippen MR) is 32.9 cm³/mol. The van der Waals surface area contributed by atoms with E-state index in [0.29, 0.717) is 0 Å². The Morgan fingerprint density at radius 1 is 1.33 bits per heavy atom. The van der Waals surface area contributed by atoms with Crippen molar-refractivity contribution in [2.24, 2.45) is 0 Å². The van der Waals surface area contributed by atoms with Gasteiger partial charge in [-0.15, -0.1) is 0 Å². The van der Waals surface area contributed by atoms with Gasteiger partial charge in [0.2, 0.25) is 0 Å². The van der Waals surface area contributed by atoms with Crippen LogP contribution < -0.4 is 0 Å². The molecule has 0 heterocycles. The molecular formula is C2H8BNaO5. The van der Waals surface area contributed by atoms with E-state index in [-0.39, 0.29) is 29.6 Å². The third kappa shape index (κ3) is 2010. The van der Waals surface area contributed by atoms with E-state index in [0.717, 1.165) is 6.92 Å². The van der Waals surface area contributed by atoms with Gasteiger partial charge in [-0.3, -0.25) is 4.79 Å². The van der Waals surface area contributed by atoms with Crippen LogP contribution in [0.5, 0.6) is 0 Å². The van der Waals surface area contributed by atoms with Crippen LogP contribution in [0.2, 0.25) is 0 Å². The second-order valence-corrected chi connectivity index (χ2v) is 0.865. The summed E-state index contributed by atoms with van der Waals surface area (Å²) < 4.78 is 0. The van der Waals surface area contributed by atoms with Gasteiger partial charge in [-0.2, -0.15) is 0 Å². The third-order valence-electron chi connectivity index (χ3n) is 0. The van der Waals surface area contributed by atoms with E-state index >= 15 is 0 Å². The standard InChI is InChI=1S/C2H4O2.BH3O3.Na.H/c1-2(3)4;2-1(3)4;;/h1H3,(H,3,4);2-4H;;. The van der Waals surface area contributed by atoms with E-state index < -0.39 is 13.3 Å². The molecular weight excluding hydrogens is 138 g/mol. The minimum atomic E-state index is -2.17. The van der Waals surface area contributed by atoms with Crippen LogP contribution in [0.15, 0.2) is 0 Å². The fraction of sp³-hybridized carbons (Fsp3) is 0.500. The van der Waals surface area contributed by atoms with E-state index in [4.69, 9.17) is 25.0 Å². The van der Waals surface area contributed by atoms with Crippen molar-refractivity contribution in [1.82, 2.24) is 0 Å². The van der Waals surface area contributed by atoms with Crippen molar-refractivity contribution in [1.29, 1.82) is 0 Å². The molecule has 0 amide bonds. The molecule has 0 rings (SSSR count). The molecule has 9 heavy (non-hydrogen) atoms. The van der Waals surface area contributed by atoms with Crippen molar-refractivity contribution in [2.75, 3.05) is 0 Å². The predicted octanol–water partition coefficient (Wildman–Crippen LogP) is -2.61. The van der Waals surface area contributed by atoms with Crippen LogP contribution in [0.1, 0.15) is 6.92 Å². The van der Waals surface area contributed by atoms with Crippen LogP contribution in [0.3, 0.4) is 0 Å². The van der Waals surface area contributed by atoms with Gasteiger partial charge in [-0.25, -0.2) is 0 Å². The van der Waals surface area contributed by atoms with Crippen LogP contribution in [-0.2, 0) is 4.79 Å². The van der Waals surface area contributed by atoms with Crippen molar-refractivity contribution in [3.05, 3.63) is 0 Å². The molecule has 0 fully saturated rings. The van der Waals surface area contributed by atoms with Crippen molar-refractivity contribution in [3.8, 4) is 0 Å². The number of carboxylic acid groups (broad SMARTS) is 1. The number of carboxylic acids is 1. The Bertz CT molecular complexity index is 59.2. The summed E-state index contributed by atoms with van der Waals surface area (Å²) in [6, 6.07) is 0. The van der Waals surface area contributed by atoms with Crippen LogP contribution in [0.4, 0.5) is 0 Å². The molecule has 50 valence electrons. The zero-order valence-corrected chi connectivity index (χ0v) is 4.27. The minimum absolute atomic E-state index is 0. The Hall–Kier alpha value is 0.415. The fourth-order valence-electron chi connectivity index (χ4n) is 0. The molecule has 0 aromatic carbocycles. The van der Waals surface area contributed by atoms with E-state index in [2.05, 4.69) is 0 Å². The molecule has 0 aliphatic rings. The molecule has 0 saturated heterocycles. The van der Waals surface area contributed by atoms with Crippen LogP contribution >= 0.6 is 0 Å². The summed E-state index contributed by atoms with van der Waals surface area (Å²) in [4.78, 5) is 9.00. The number of hydrogen-bond acceptors (Lipinski definition) is 4. The third-order valence-corrected chi connectivity index (χ3v) is 0. The summed E-state index contributed by atoms with van der Waals surface area (Å²) in [5.74, 6) is -0.833. The summed E-state index contributed by atoms with van der Waals surface area (Å²) in [7, 11) is -2.17. The second kappa shape index (κ2) is 11.2. The molecule has 0 unspecified atom stereocenters. The van der Waals surface area contributed by atoms with Crippen molar-refractivity contribution >= 4 is 42.8 Å².